The lowest BCUT2D eigenvalue weighted by Gasteiger charge is -2.05. The Labute approximate surface area is 206 Å². The SMILES string of the molecule is O=C(Nc1nccc2nn(Cc3cn4cc(C5CC5)ccc4n3)cc12)[C@H]1CC1c1cc(Cl)ccn1. The molecule has 0 spiro atoms. The standard InChI is InChI=1S/C26H22ClN7O/c27-17-5-7-28-23(9-17)19-10-20(19)26(35)31-25-21-14-34(32-22(21)6-8-29-25)13-18-12-33-11-16(15-1-2-15)3-4-24(33)30-18/h3-9,11-12,14-15,19-20H,1-2,10,13H2,(H,29,31,35)/t19?,20-/m0/s1. The number of anilines is 1. The quantitative estimate of drug-likeness (QED) is 0.375. The second kappa shape index (κ2) is 7.88. The number of nitrogens with one attached hydrogen (secondary N) is 1. The van der Waals surface area contributed by atoms with Gasteiger partial charge in [-0.05, 0) is 55.0 Å². The van der Waals surface area contributed by atoms with Crippen LogP contribution in [0.3, 0.4) is 0 Å². The van der Waals surface area contributed by atoms with Gasteiger partial charge in [-0.15, -0.1) is 0 Å². The lowest BCUT2D eigenvalue weighted by molar-refractivity contribution is -0.117. The molecule has 7 rings (SSSR count). The average molecular weight is 484 g/mol. The predicted molar refractivity (Wildman–Crippen MR) is 133 cm³/mol. The molecular formula is C26H22ClN7O. The number of pyridine rings is 3. The van der Waals surface area contributed by atoms with Gasteiger partial charge in [-0.1, -0.05) is 17.7 Å². The van der Waals surface area contributed by atoms with Gasteiger partial charge in [0.15, 0.2) is 0 Å². The summed E-state index contributed by atoms with van der Waals surface area (Å²) in [6, 6.07) is 9.68. The number of rotatable bonds is 6. The molecule has 2 aliphatic rings. The third-order valence-corrected chi connectivity index (χ3v) is 7.10. The van der Waals surface area contributed by atoms with E-state index in [-0.39, 0.29) is 17.7 Å². The predicted octanol–water partition coefficient (Wildman–Crippen LogP) is 4.80. The van der Waals surface area contributed by atoms with E-state index in [1.165, 1.54) is 18.4 Å². The summed E-state index contributed by atoms with van der Waals surface area (Å²) in [7, 11) is 0. The van der Waals surface area contributed by atoms with Crippen LogP contribution in [-0.2, 0) is 11.3 Å². The smallest absolute Gasteiger partial charge is 0.229 e. The molecular weight excluding hydrogens is 462 g/mol. The molecule has 1 N–H and O–H groups in total. The second-order valence-electron chi connectivity index (χ2n) is 9.49. The molecule has 0 aliphatic heterocycles. The third-order valence-electron chi connectivity index (χ3n) is 6.87. The number of halogens is 1. The van der Waals surface area contributed by atoms with Gasteiger partial charge in [-0.3, -0.25) is 14.5 Å². The van der Waals surface area contributed by atoms with Crippen molar-refractivity contribution in [1.82, 2.24) is 29.1 Å². The van der Waals surface area contributed by atoms with Crippen LogP contribution in [0.1, 0.15) is 48.0 Å². The van der Waals surface area contributed by atoms with E-state index in [0.29, 0.717) is 23.3 Å². The van der Waals surface area contributed by atoms with E-state index in [1.807, 2.05) is 23.0 Å². The van der Waals surface area contributed by atoms with E-state index in [0.717, 1.165) is 34.4 Å². The van der Waals surface area contributed by atoms with Gasteiger partial charge in [-0.2, -0.15) is 5.10 Å². The second-order valence-corrected chi connectivity index (χ2v) is 9.93. The van der Waals surface area contributed by atoms with E-state index in [9.17, 15) is 4.79 Å². The van der Waals surface area contributed by atoms with Crippen molar-refractivity contribution in [2.75, 3.05) is 5.32 Å². The molecule has 2 aliphatic carbocycles. The summed E-state index contributed by atoms with van der Waals surface area (Å²) in [5.74, 6) is 1.12. The fraction of sp³-hybridized carbons (Fsp3) is 0.269. The molecule has 0 saturated heterocycles. The minimum absolute atomic E-state index is 0.0589. The molecule has 1 amide bonds. The van der Waals surface area contributed by atoms with Crippen molar-refractivity contribution in [3.63, 3.8) is 0 Å². The summed E-state index contributed by atoms with van der Waals surface area (Å²) in [4.78, 5) is 26.4. The fourth-order valence-corrected chi connectivity index (χ4v) is 4.95. The van der Waals surface area contributed by atoms with Crippen molar-refractivity contribution in [2.24, 2.45) is 5.92 Å². The van der Waals surface area contributed by atoms with Gasteiger partial charge in [0.25, 0.3) is 0 Å². The molecule has 1 unspecified atom stereocenters. The number of aromatic nitrogens is 6. The van der Waals surface area contributed by atoms with Gasteiger partial charge in [0, 0.05) is 53.5 Å². The zero-order valence-corrected chi connectivity index (χ0v) is 19.6. The first-order valence-electron chi connectivity index (χ1n) is 11.8. The van der Waals surface area contributed by atoms with E-state index in [2.05, 4.69) is 49.3 Å². The van der Waals surface area contributed by atoms with E-state index in [1.54, 1.807) is 18.5 Å². The van der Waals surface area contributed by atoms with Crippen LogP contribution in [-0.4, -0.2) is 35.0 Å². The highest BCUT2D eigenvalue weighted by atomic mass is 35.5. The van der Waals surface area contributed by atoms with Gasteiger partial charge in [-0.25, -0.2) is 9.97 Å². The number of carbonyl (C=O) groups excluding carboxylic acids is 1. The van der Waals surface area contributed by atoms with Crippen LogP contribution in [0, 0.1) is 5.92 Å². The maximum Gasteiger partial charge on any atom is 0.229 e. The van der Waals surface area contributed by atoms with Gasteiger partial charge in [0.2, 0.25) is 5.91 Å². The Hall–Kier alpha value is -3.78. The zero-order valence-electron chi connectivity index (χ0n) is 18.8. The monoisotopic (exact) mass is 483 g/mol. The summed E-state index contributed by atoms with van der Waals surface area (Å²) in [5, 5.41) is 9.12. The average Bonchev–Trinajstić information content (AvgIpc) is 3.76. The summed E-state index contributed by atoms with van der Waals surface area (Å²) in [6.07, 6.45) is 12.8. The molecule has 5 heterocycles. The lowest BCUT2D eigenvalue weighted by atomic mass is 10.2. The first-order chi connectivity index (χ1) is 17.1. The zero-order chi connectivity index (χ0) is 23.5. The molecule has 5 aromatic rings. The maximum absolute atomic E-state index is 12.9. The largest absolute Gasteiger partial charge is 0.310 e. The van der Waals surface area contributed by atoms with Crippen LogP contribution in [0.15, 0.2) is 61.3 Å². The highest BCUT2D eigenvalue weighted by molar-refractivity contribution is 6.30. The van der Waals surface area contributed by atoms with Crippen molar-refractivity contribution in [2.45, 2.75) is 37.6 Å². The van der Waals surface area contributed by atoms with Crippen LogP contribution in [0.2, 0.25) is 5.02 Å². The number of imidazole rings is 1. The molecule has 174 valence electrons. The maximum atomic E-state index is 12.9. The Morgan fingerprint density at radius 3 is 2.83 bits per heavy atom. The Bertz CT molecular complexity index is 1600. The van der Waals surface area contributed by atoms with E-state index in [4.69, 9.17) is 16.6 Å². The minimum Gasteiger partial charge on any atom is -0.310 e. The van der Waals surface area contributed by atoms with Crippen LogP contribution < -0.4 is 5.32 Å². The number of amides is 1. The Balaban J connectivity index is 1.09. The lowest BCUT2D eigenvalue weighted by Crippen LogP contribution is -2.15. The molecule has 2 atom stereocenters. The molecule has 2 saturated carbocycles. The van der Waals surface area contributed by atoms with Gasteiger partial charge < -0.3 is 9.72 Å². The highest BCUT2D eigenvalue weighted by Gasteiger charge is 2.45. The molecule has 0 aromatic carbocycles. The molecule has 8 nitrogen and oxygen atoms in total. The van der Waals surface area contributed by atoms with Crippen molar-refractivity contribution < 1.29 is 4.79 Å². The van der Waals surface area contributed by atoms with Gasteiger partial charge in [0.05, 0.1) is 23.1 Å². The van der Waals surface area contributed by atoms with Crippen molar-refractivity contribution in [3.8, 4) is 0 Å². The van der Waals surface area contributed by atoms with Crippen molar-refractivity contribution >= 4 is 39.9 Å². The number of hydrogen-bond donors (Lipinski definition) is 1. The summed E-state index contributed by atoms with van der Waals surface area (Å²) in [5.41, 5.74) is 4.87. The molecule has 5 aromatic heterocycles. The number of fused-ring (bicyclic) bond motifs is 2. The number of nitrogens with zero attached hydrogens (tertiary/aromatic N) is 6. The fourth-order valence-electron chi connectivity index (χ4n) is 4.78. The molecule has 0 bridgehead atoms. The normalized spacial score (nSPS) is 19.3. The van der Waals surface area contributed by atoms with Crippen LogP contribution in [0.5, 0.6) is 0 Å². The summed E-state index contributed by atoms with van der Waals surface area (Å²) >= 11 is 6.08. The topological polar surface area (TPSA) is 90.0 Å². The van der Waals surface area contributed by atoms with Crippen LogP contribution in [0.25, 0.3) is 16.6 Å². The summed E-state index contributed by atoms with van der Waals surface area (Å²) in [6.45, 7) is 0.535. The Morgan fingerprint density at radius 1 is 1.09 bits per heavy atom. The number of hydrogen-bond acceptors (Lipinski definition) is 5. The van der Waals surface area contributed by atoms with Gasteiger partial charge in [0.1, 0.15) is 11.5 Å². The Kier molecular flexibility index (Phi) is 4.63. The summed E-state index contributed by atoms with van der Waals surface area (Å²) < 4.78 is 3.95. The van der Waals surface area contributed by atoms with E-state index < -0.39 is 0 Å². The van der Waals surface area contributed by atoms with Gasteiger partial charge >= 0.3 is 0 Å². The molecule has 35 heavy (non-hydrogen) atoms. The number of carbonyl (C=O) groups is 1. The highest BCUT2D eigenvalue weighted by Crippen LogP contribution is 2.47. The third kappa shape index (κ3) is 3.93. The Morgan fingerprint density at radius 2 is 1.97 bits per heavy atom. The van der Waals surface area contributed by atoms with Crippen LogP contribution in [0.4, 0.5) is 5.82 Å². The van der Waals surface area contributed by atoms with Crippen LogP contribution >= 0.6 is 11.6 Å². The molecule has 0 radical (unpaired) electrons. The minimum atomic E-state index is -0.133. The molecule has 9 heteroatoms. The first-order valence-corrected chi connectivity index (χ1v) is 12.2. The van der Waals surface area contributed by atoms with Crippen molar-refractivity contribution in [3.05, 3.63) is 83.3 Å². The first kappa shape index (κ1) is 20.6. The molecule has 2 fully saturated rings. The van der Waals surface area contributed by atoms with E-state index >= 15 is 0 Å². The van der Waals surface area contributed by atoms with Crippen molar-refractivity contribution in [1.29, 1.82) is 0 Å².